The van der Waals surface area contributed by atoms with Gasteiger partial charge in [0, 0.05) is 32.8 Å². The molecule has 138 valence electrons. The van der Waals surface area contributed by atoms with Gasteiger partial charge in [0.05, 0.1) is 13.2 Å². The largest absolute Gasteiger partial charge is 0.381 e. The maximum atomic E-state index is 5.66. The van der Waals surface area contributed by atoms with Gasteiger partial charge < -0.3 is 20.1 Å². The Morgan fingerprint density at radius 3 is 2.50 bits per heavy atom. The Morgan fingerprint density at radius 1 is 1.00 bits per heavy atom. The zero-order chi connectivity index (χ0) is 16.6. The molecule has 2 N–H and O–H groups in total. The lowest BCUT2D eigenvalue weighted by Gasteiger charge is -2.11. The summed E-state index contributed by atoms with van der Waals surface area (Å²) in [6, 6.07) is 10.4. The number of nitrogens with zero attached hydrogens (tertiary/aromatic N) is 1. The van der Waals surface area contributed by atoms with E-state index >= 15 is 0 Å². The van der Waals surface area contributed by atoms with Crippen LogP contribution in [0.4, 0.5) is 0 Å². The number of hydrogen-bond donors (Lipinski definition) is 2. The number of halogens is 1. The van der Waals surface area contributed by atoms with Gasteiger partial charge in [-0.05, 0) is 32.3 Å². The molecule has 0 spiro atoms. The van der Waals surface area contributed by atoms with Crippen molar-refractivity contribution >= 4 is 29.9 Å². The zero-order valence-electron chi connectivity index (χ0n) is 14.9. The predicted molar refractivity (Wildman–Crippen MR) is 111 cm³/mol. The van der Waals surface area contributed by atoms with E-state index in [1.54, 1.807) is 0 Å². The molecule has 0 amide bonds. The Morgan fingerprint density at radius 2 is 1.79 bits per heavy atom. The summed E-state index contributed by atoms with van der Waals surface area (Å²) in [5.41, 5.74) is 1.32. The minimum absolute atomic E-state index is 0. The van der Waals surface area contributed by atoms with Crippen LogP contribution < -0.4 is 10.6 Å². The summed E-state index contributed by atoms with van der Waals surface area (Å²) in [7, 11) is 0. The molecule has 0 aliphatic heterocycles. The van der Waals surface area contributed by atoms with Crippen LogP contribution >= 0.6 is 24.0 Å². The van der Waals surface area contributed by atoms with Crippen LogP contribution in [0.3, 0.4) is 0 Å². The summed E-state index contributed by atoms with van der Waals surface area (Å²) < 4.78 is 11.0. The highest BCUT2D eigenvalue weighted by atomic mass is 127. The van der Waals surface area contributed by atoms with Crippen molar-refractivity contribution in [2.75, 3.05) is 46.1 Å². The number of rotatable bonds is 12. The van der Waals surface area contributed by atoms with Gasteiger partial charge in [-0.25, -0.2) is 0 Å². The van der Waals surface area contributed by atoms with E-state index in [0.717, 1.165) is 58.3 Å². The molecule has 24 heavy (non-hydrogen) atoms. The molecule has 0 saturated carbocycles. The molecular weight excluding hydrogens is 417 g/mol. The van der Waals surface area contributed by atoms with Crippen molar-refractivity contribution in [3.63, 3.8) is 0 Å². The monoisotopic (exact) mass is 449 g/mol. The number of aliphatic imine (C=N–C) groups is 1. The van der Waals surface area contributed by atoms with Crippen molar-refractivity contribution in [3.05, 3.63) is 35.9 Å². The second-order valence-corrected chi connectivity index (χ2v) is 5.09. The maximum Gasteiger partial charge on any atom is 0.191 e. The van der Waals surface area contributed by atoms with Crippen molar-refractivity contribution in [2.45, 2.75) is 26.7 Å². The molecule has 1 aromatic rings. The van der Waals surface area contributed by atoms with Gasteiger partial charge in [0.25, 0.3) is 0 Å². The lowest BCUT2D eigenvalue weighted by Crippen LogP contribution is -2.39. The lowest BCUT2D eigenvalue weighted by molar-refractivity contribution is 0.136. The smallest absolute Gasteiger partial charge is 0.191 e. The van der Waals surface area contributed by atoms with E-state index in [4.69, 9.17) is 9.47 Å². The number of hydrogen-bond acceptors (Lipinski definition) is 3. The van der Waals surface area contributed by atoms with Crippen molar-refractivity contribution < 1.29 is 9.47 Å². The van der Waals surface area contributed by atoms with Crippen molar-refractivity contribution in [1.29, 1.82) is 0 Å². The van der Waals surface area contributed by atoms with Gasteiger partial charge in [-0.3, -0.25) is 4.99 Å². The van der Waals surface area contributed by atoms with Gasteiger partial charge in [0.15, 0.2) is 5.96 Å². The van der Waals surface area contributed by atoms with Crippen LogP contribution in [0.5, 0.6) is 0 Å². The van der Waals surface area contributed by atoms with Crippen LogP contribution in [0, 0.1) is 0 Å². The second kappa shape index (κ2) is 17.0. The van der Waals surface area contributed by atoms with Crippen molar-refractivity contribution in [1.82, 2.24) is 10.6 Å². The average molecular weight is 449 g/mol. The summed E-state index contributed by atoms with van der Waals surface area (Å²) in [5.74, 6) is 0.844. The molecule has 0 aromatic heterocycles. The van der Waals surface area contributed by atoms with Gasteiger partial charge in [-0.1, -0.05) is 30.3 Å². The molecule has 0 atom stereocenters. The highest BCUT2D eigenvalue weighted by Crippen LogP contribution is 1.99. The standard InChI is InChI=1S/C18H31N3O2.HI/c1-3-19-18(21-13-16-22-4-2)20-12-8-14-23-15-11-17-9-6-5-7-10-17;/h5-7,9-10H,3-4,8,11-16H2,1-2H3,(H2,19,20,21);1H. The molecule has 0 radical (unpaired) electrons. The van der Waals surface area contributed by atoms with E-state index < -0.39 is 0 Å². The number of guanidine groups is 1. The van der Waals surface area contributed by atoms with Gasteiger partial charge in [0.1, 0.15) is 0 Å². The molecular formula is C18H32IN3O2. The van der Waals surface area contributed by atoms with E-state index in [9.17, 15) is 0 Å². The Kier molecular flexibility index (Phi) is 16.4. The molecule has 0 saturated heterocycles. The first-order valence-corrected chi connectivity index (χ1v) is 8.58. The van der Waals surface area contributed by atoms with E-state index in [-0.39, 0.29) is 24.0 Å². The van der Waals surface area contributed by atoms with Crippen molar-refractivity contribution in [2.24, 2.45) is 4.99 Å². The van der Waals surface area contributed by atoms with Crippen molar-refractivity contribution in [3.8, 4) is 0 Å². The molecule has 0 aliphatic rings. The van der Waals surface area contributed by atoms with E-state index in [2.05, 4.69) is 46.8 Å². The molecule has 6 heteroatoms. The highest BCUT2D eigenvalue weighted by Gasteiger charge is 1.96. The third-order valence-corrected chi connectivity index (χ3v) is 3.18. The van der Waals surface area contributed by atoms with Gasteiger partial charge in [0.2, 0.25) is 0 Å². The van der Waals surface area contributed by atoms with Gasteiger partial charge in [-0.2, -0.15) is 0 Å². The fraction of sp³-hybridized carbons (Fsp3) is 0.611. The molecule has 1 rings (SSSR count). The maximum absolute atomic E-state index is 5.66. The van der Waals surface area contributed by atoms with E-state index in [1.165, 1.54) is 5.56 Å². The Balaban J connectivity index is 0.00000529. The molecule has 0 aliphatic carbocycles. The lowest BCUT2D eigenvalue weighted by atomic mass is 10.2. The fourth-order valence-electron chi connectivity index (χ4n) is 2.02. The Labute approximate surface area is 163 Å². The summed E-state index contributed by atoms with van der Waals surface area (Å²) >= 11 is 0. The Bertz CT molecular complexity index is 416. The SMILES string of the molecule is CCNC(=NCCCOCCc1ccccc1)NCCOCC.I. The van der Waals surface area contributed by atoms with Crippen LogP contribution in [0.2, 0.25) is 0 Å². The van der Waals surface area contributed by atoms with Gasteiger partial charge in [-0.15, -0.1) is 24.0 Å². The van der Waals surface area contributed by atoms with Crippen LogP contribution in [0.15, 0.2) is 35.3 Å². The predicted octanol–water partition coefficient (Wildman–Crippen LogP) is 2.85. The molecule has 1 aromatic carbocycles. The minimum Gasteiger partial charge on any atom is -0.381 e. The average Bonchev–Trinajstić information content (AvgIpc) is 2.58. The second-order valence-electron chi connectivity index (χ2n) is 5.09. The van der Waals surface area contributed by atoms with Crippen LogP contribution in [-0.4, -0.2) is 52.0 Å². The molecule has 0 unspecified atom stereocenters. The fourth-order valence-corrected chi connectivity index (χ4v) is 2.02. The highest BCUT2D eigenvalue weighted by molar-refractivity contribution is 14.0. The number of benzene rings is 1. The summed E-state index contributed by atoms with van der Waals surface area (Å²) in [5, 5.41) is 6.48. The molecule has 0 fully saturated rings. The minimum atomic E-state index is 0. The normalized spacial score (nSPS) is 11.0. The quantitative estimate of drug-likeness (QED) is 0.223. The van der Waals surface area contributed by atoms with E-state index in [1.807, 2.05) is 13.0 Å². The third-order valence-electron chi connectivity index (χ3n) is 3.18. The molecule has 0 bridgehead atoms. The first kappa shape index (κ1) is 23.1. The summed E-state index contributed by atoms with van der Waals surface area (Å²) in [4.78, 5) is 4.53. The first-order valence-electron chi connectivity index (χ1n) is 8.58. The Hall–Kier alpha value is -0.860. The summed E-state index contributed by atoms with van der Waals surface area (Å²) in [6.45, 7) is 9.40. The third kappa shape index (κ3) is 12.5. The number of ether oxygens (including phenoxy) is 2. The number of nitrogens with one attached hydrogen (secondary N) is 2. The van der Waals surface area contributed by atoms with Crippen LogP contribution in [0.25, 0.3) is 0 Å². The molecule has 0 heterocycles. The summed E-state index contributed by atoms with van der Waals surface area (Å²) in [6.07, 6.45) is 1.89. The molecule has 5 nitrogen and oxygen atoms in total. The first-order chi connectivity index (χ1) is 11.4. The van der Waals surface area contributed by atoms with E-state index in [0.29, 0.717) is 6.61 Å². The van der Waals surface area contributed by atoms with Gasteiger partial charge >= 0.3 is 0 Å². The topological polar surface area (TPSA) is 54.9 Å². The zero-order valence-corrected chi connectivity index (χ0v) is 17.3. The van der Waals surface area contributed by atoms with Crippen LogP contribution in [0.1, 0.15) is 25.8 Å². The van der Waals surface area contributed by atoms with Crippen LogP contribution in [-0.2, 0) is 15.9 Å².